The Morgan fingerprint density at radius 3 is 2.47 bits per heavy atom. The molecule has 2 N–H and O–H groups in total. The Morgan fingerprint density at radius 2 is 2.00 bits per heavy atom. The third-order valence-electron chi connectivity index (χ3n) is 3.41. The van der Waals surface area contributed by atoms with Crippen LogP contribution in [0, 0.1) is 11.8 Å². The molecule has 1 amide bonds. The van der Waals surface area contributed by atoms with Crippen LogP contribution < -0.4 is 5.32 Å². The van der Waals surface area contributed by atoms with Crippen LogP contribution in [0.1, 0.15) is 46.5 Å². The molecule has 1 aliphatic carbocycles. The lowest BCUT2D eigenvalue weighted by atomic mass is 9.80. The van der Waals surface area contributed by atoms with E-state index >= 15 is 0 Å². The molecule has 5 heteroatoms. The molecule has 0 aromatic rings. The number of rotatable bonds is 8. The van der Waals surface area contributed by atoms with Gasteiger partial charge in [0, 0.05) is 13.0 Å². The fourth-order valence-corrected chi connectivity index (χ4v) is 2.42. The quantitative estimate of drug-likeness (QED) is 0.706. The van der Waals surface area contributed by atoms with Gasteiger partial charge in [-0.05, 0) is 38.0 Å². The van der Waals surface area contributed by atoms with Gasteiger partial charge in [0.1, 0.15) is 6.04 Å². The van der Waals surface area contributed by atoms with Gasteiger partial charge in [-0.2, -0.15) is 0 Å². The Morgan fingerprint density at radius 1 is 1.37 bits per heavy atom. The number of hydrogen-bond donors (Lipinski definition) is 2. The second-order valence-corrected chi connectivity index (χ2v) is 5.71. The first-order chi connectivity index (χ1) is 8.92. The van der Waals surface area contributed by atoms with Crippen LogP contribution in [0.15, 0.2) is 0 Å². The SMILES string of the molecule is CCOC1CC(CC(=O)N[C@@H](CC(C)C)C(=O)O)C1. The number of carboxylic acid groups (broad SMARTS) is 1. The van der Waals surface area contributed by atoms with Crippen LogP contribution >= 0.6 is 0 Å². The van der Waals surface area contributed by atoms with Crippen molar-refractivity contribution in [2.24, 2.45) is 11.8 Å². The lowest BCUT2D eigenvalue weighted by Crippen LogP contribution is -2.43. The van der Waals surface area contributed by atoms with Crippen molar-refractivity contribution in [2.45, 2.75) is 58.6 Å². The molecular formula is C14H25NO4. The number of amides is 1. The molecular weight excluding hydrogens is 246 g/mol. The normalized spacial score (nSPS) is 23.8. The van der Waals surface area contributed by atoms with Crippen LogP contribution in [0.5, 0.6) is 0 Å². The van der Waals surface area contributed by atoms with E-state index in [-0.39, 0.29) is 17.9 Å². The maximum absolute atomic E-state index is 11.8. The van der Waals surface area contributed by atoms with Gasteiger partial charge in [-0.1, -0.05) is 13.8 Å². The van der Waals surface area contributed by atoms with Crippen LogP contribution in [0.3, 0.4) is 0 Å². The summed E-state index contributed by atoms with van der Waals surface area (Å²) in [6.07, 6.45) is 2.97. The van der Waals surface area contributed by atoms with Gasteiger partial charge in [0.25, 0.3) is 0 Å². The molecule has 1 saturated carbocycles. The second kappa shape index (κ2) is 7.48. The number of nitrogens with one attached hydrogen (secondary N) is 1. The van der Waals surface area contributed by atoms with Gasteiger partial charge in [-0.15, -0.1) is 0 Å². The number of aliphatic carboxylic acids is 1. The second-order valence-electron chi connectivity index (χ2n) is 5.71. The monoisotopic (exact) mass is 271 g/mol. The highest BCUT2D eigenvalue weighted by Crippen LogP contribution is 2.32. The Balaban J connectivity index is 2.28. The van der Waals surface area contributed by atoms with E-state index in [0.29, 0.717) is 25.4 Å². The van der Waals surface area contributed by atoms with E-state index in [1.54, 1.807) is 0 Å². The number of hydrogen-bond acceptors (Lipinski definition) is 3. The third kappa shape index (κ3) is 5.59. The molecule has 19 heavy (non-hydrogen) atoms. The van der Waals surface area contributed by atoms with Gasteiger partial charge >= 0.3 is 5.97 Å². The van der Waals surface area contributed by atoms with Gasteiger partial charge < -0.3 is 15.2 Å². The molecule has 0 bridgehead atoms. The predicted molar refractivity (Wildman–Crippen MR) is 71.8 cm³/mol. The Labute approximate surface area is 114 Å². The van der Waals surface area contributed by atoms with Crippen molar-refractivity contribution in [1.82, 2.24) is 5.32 Å². The zero-order chi connectivity index (χ0) is 14.4. The van der Waals surface area contributed by atoms with Crippen molar-refractivity contribution in [3.8, 4) is 0 Å². The smallest absolute Gasteiger partial charge is 0.326 e. The van der Waals surface area contributed by atoms with E-state index in [4.69, 9.17) is 9.84 Å². The fraction of sp³-hybridized carbons (Fsp3) is 0.857. The molecule has 0 aromatic heterocycles. The zero-order valence-electron chi connectivity index (χ0n) is 12.0. The Kier molecular flexibility index (Phi) is 6.28. The molecule has 1 fully saturated rings. The average Bonchev–Trinajstić information content (AvgIpc) is 2.24. The maximum atomic E-state index is 11.8. The third-order valence-corrected chi connectivity index (χ3v) is 3.41. The first-order valence-electron chi connectivity index (χ1n) is 7.06. The summed E-state index contributed by atoms with van der Waals surface area (Å²) in [7, 11) is 0. The van der Waals surface area contributed by atoms with Gasteiger partial charge in [0.15, 0.2) is 0 Å². The highest BCUT2D eigenvalue weighted by Gasteiger charge is 2.32. The van der Waals surface area contributed by atoms with E-state index in [0.717, 1.165) is 12.8 Å². The van der Waals surface area contributed by atoms with Crippen molar-refractivity contribution in [2.75, 3.05) is 6.61 Å². The van der Waals surface area contributed by atoms with E-state index in [9.17, 15) is 9.59 Å². The average molecular weight is 271 g/mol. The summed E-state index contributed by atoms with van der Waals surface area (Å²) in [5, 5.41) is 11.7. The molecule has 0 aromatic carbocycles. The maximum Gasteiger partial charge on any atom is 0.326 e. The summed E-state index contributed by atoms with van der Waals surface area (Å²) in [6, 6.07) is -0.768. The number of carbonyl (C=O) groups is 2. The van der Waals surface area contributed by atoms with Crippen LogP contribution in [-0.4, -0.2) is 35.7 Å². The number of carbonyl (C=O) groups excluding carboxylic acids is 1. The van der Waals surface area contributed by atoms with E-state index < -0.39 is 12.0 Å². The van der Waals surface area contributed by atoms with Crippen molar-refractivity contribution in [3.63, 3.8) is 0 Å². The topological polar surface area (TPSA) is 75.6 Å². The molecule has 0 aliphatic heterocycles. The van der Waals surface area contributed by atoms with E-state index in [1.807, 2.05) is 20.8 Å². The van der Waals surface area contributed by atoms with Gasteiger partial charge in [0.2, 0.25) is 5.91 Å². The minimum Gasteiger partial charge on any atom is -0.480 e. The molecule has 0 radical (unpaired) electrons. The van der Waals surface area contributed by atoms with Crippen molar-refractivity contribution < 1.29 is 19.4 Å². The van der Waals surface area contributed by atoms with Crippen molar-refractivity contribution in [1.29, 1.82) is 0 Å². The fourth-order valence-electron chi connectivity index (χ4n) is 2.42. The molecule has 1 rings (SSSR count). The van der Waals surface area contributed by atoms with Crippen molar-refractivity contribution in [3.05, 3.63) is 0 Å². The minimum atomic E-state index is -0.956. The highest BCUT2D eigenvalue weighted by molar-refractivity contribution is 5.83. The van der Waals surface area contributed by atoms with Gasteiger partial charge in [0.05, 0.1) is 6.10 Å². The summed E-state index contributed by atoms with van der Waals surface area (Å²) in [5.41, 5.74) is 0. The standard InChI is InChI=1S/C14H25NO4/c1-4-19-11-6-10(7-11)8-13(16)15-12(14(17)18)5-9(2)3/h9-12H,4-8H2,1-3H3,(H,15,16)(H,17,18)/t10?,11?,12-/m0/s1. The molecule has 1 aliphatic rings. The van der Waals surface area contributed by atoms with Gasteiger partial charge in [-0.25, -0.2) is 4.79 Å². The minimum absolute atomic E-state index is 0.159. The number of ether oxygens (including phenoxy) is 1. The molecule has 0 heterocycles. The zero-order valence-corrected chi connectivity index (χ0v) is 12.0. The van der Waals surface area contributed by atoms with Crippen LogP contribution in [-0.2, 0) is 14.3 Å². The Bertz CT molecular complexity index is 311. The molecule has 0 spiro atoms. The molecule has 5 nitrogen and oxygen atoms in total. The summed E-state index contributed by atoms with van der Waals surface area (Å²) in [6.45, 7) is 6.56. The lowest BCUT2D eigenvalue weighted by molar-refractivity contribution is -0.142. The van der Waals surface area contributed by atoms with Crippen LogP contribution in [0.25, 0.3) is 0 Å². The molecule has 1 atom stereocenters. The van der Waals surface area contributed by atoms with Gasteiger partial charge in [-0.3, -0.25) is 4.79 Å². The Hall–Kier alpha value is -1.10. The van der Waals surface area contributed by atoms with Crippen molar-refractivity contribution >= 4 is 11.9 Å². The summed E-state index contributed by atoms with van der Waals surface area (Å²) in [5.74, 6) is -0.534. The summed E-state index contributed by atoms with van der Waals surface area (Å²) >= 11 is 0. The summed E-state index contributed by atoms with van der Waals surface area (Å²) in [4.78, 5) is 22.8. The predicted octanol–water partition coefficient (Wildman–Crippen LogP) is 1.81. The molecule has 110 valence electrons. The van der Waals surface area contributed by atoms with Crippen LogP contribution in [0.4, 0.5) is 0 Å². The first kappa shape index (κ1) is 16.0. The largest absolute Gasteiger partial charge is 0.480 e. The molecule has 0 unspecified atom stereocenters. The lowest BCUT2D eigenvalue weighted by Gasteiger charge is -2.34. The summed E-state index contributed by atoms with van der Waals surface area (Å²) < 4.78 is 5.44. The number of carboxylic acids is 1. The van der Waals surface area contributed by atoms with Crippen LogP contribution in [0.2, 0.25) is 0 Å². The first-order valence-corrected chi connectivity index (χ1v) is 7.06. The van der Waals surface area contributed by atoms with E-state index in [2.05, 4.69) is 5.32 Å². The highest BCUT2D eigenvalue weighted by atomic mass is 16.5. The van der Waals surface area contributed by atoms with E-state index in [1.165, 1.54) is 0 Å². The molecule has 0 saturated heterocycles.